The van der Waals surface area contributed by atoms with E-state index in [2.05, 4.69) is 37.3 Å². The second-order valence-electron chi connectivity index (χ2n) is 3.84. The maximum Gasteiger partial charge on any atom is 0.0560 e. The van der Waals surface area contributed by atoms with Crippen molar-refractivity contribution in [3.05, 3.63) is 47.5 Å². The first-order valence-corrected chi connectivity index (χ1v) is 4.63. The minimum Gasteiger partial charge on any atom is -0.395 e. The number of hydrogen-bond acceptors (Lipinski definition) is 1. The van der Waals surface area contributed by atoms with Gasteiger partial charge in [0.05, 0.1) is 6.61 Å². The summed E-state index contributed by atoms with van der Waals surface area (Å²) in [5, 5.41) is 9.35. The Bertz CT molecular complexity index is 341. The normalized spacial score (nSPS) is 25.7. The van der Waals surface area contributed by atoms with Gasteiger partial charge in [-0.2, -0.15) is 0 Å². The van der Waals surface area contributed by atoms with Gasteiger partial charge in [0.1, 0.15) is 0 Å². The molecule has 0 fully saturated rings. The molecule has 1 aromatic rings. The number of aliphatic hydroxyl groups is 1. The number of hydrogen-bond donors (Lipinski definition) is 1. The van der Waals surface area contributed by atoms with Crippen LogP contribution < -0.4 is 0 Å². The number of benzene rings is 1. The Hall–Kier alpha value is -1.08. The highest BCUT2D eigenvalue weighted by Gasteiger charge is 2.26. The minimum atomic E-state index is -0.172. The van der Waals surface area contributed by atoms with Gasteiger partial charge < -0.3 is 5.11 Å². The maximum atomic E-state index is 9.35. The highest BCUT2D eigenvalue weighted by atomic mass is 16.3. The second kappa shape index (κ2) is 3.00. The fraction of sp³-hybridized carbons (Fsp3) is 0.333. The first-order chi connectivity index (χ1) is 6.26. The predicted octanol–water partition coefficient (Wildman–Crippen LogP) is 2.05. The van der Waals surface area contributed by atoms with Crippen molar-refractivity contribution in [3.63, 3.8) is 0 Å². The Balaban J connectivity index is 2.54. The van der Waals surface area contributed by atoms with E-state index in [1.165, 1.54) is 11.1 Å². The fourth-order valence-electron chi connectivity index (χ4n) is 1.93. The number of aliphatic hydroxyl groups excluding tert-OH is 1. The molecule has 1 aromatic carbocycles. The number of allylic oxidation sites excluding steroid dienone is 1. The standard InChI is InChI=1S/C12H14O/c1-12(9-13)8-4-6-10-5-2-3-7-11(10)12/h2-5,7-8,13H,6,9H2,1H3. The van der Waals surface area contributed by atoms with E-state index in [4.69, 9.17) is 0 Å². The zero-order chi connectivity index (χ0) is 9.31. The number of fused-ring (bicyclic) bond motifs is 1. The Kier molecular flexibility index (Phi) is 1.97. The average Bonchev–Trinajstić information content (AvgIpc) is 2.19. The van der Waals surface area contributed by atoms with Crippen molar-refractivity contribution in [1.29, 1.82) is 0 Å². The molecule has 0 spiro atoms. The lowest BCUT2D eigenvalue weighted by atomic mass is 9.76. The largest absolute Gasteiger partial charge is 0.395 e. The van der Waals surface area contributed by atoms with Crippen molar-refractivity contribution < 1.29 is 5.11 Å². The molecule has 1 N–H and O–H groups in total. The average molecular weight is 174 g/mol. The van der Waals surface area contributed by atoms with Crippen molar-refractivity contribution in [3.8, 4) is 0 Å². The smallest absolute Gasteiger partial charge is 0.0560 e. The Morgan fingerprint density at radius 1 is 1.38 bits per heavy atom. The summed E-state index contributed by atoms with van der Waals surface area (Å²) in [7, 11) is 0. The SMILES string of the molecule is CC1(CO)C=CCc2ccccc21. The summed E-state index contributed by atoms with van der Waals surface area (Å²) in [4.78, 5) is 0. The molecule has 2 rings (SSSR count). The summed E-state index contributed by atoms with van der Waals surface area (Å²) in [6, 6.07) is 8.32. The van der Waals surface area contributed by atoms with Crippen molar-refractivity contribution >= 4 is 0 Å². The molecule has 0 aliphatic heterocycles. The van der Waals surface area contributed by atoms with Crippen LogP contribution in [0.4, 0.5) is 0 Å². The Morgan fingerprint density at radius 2 is 2.15 bits per heavy atom. The third-order valence-electron chi connectivity index (χ3n) is 2.78. The van der Waals surface area contributed by atoms with E-state index in [9.17, 15) is 5.11 Å². The van der Waals surface area contributed by atoms with Crippen LogP contribution in [0.25, 0.3) is 0 Å². The predicted molar refractivity (Wildman–Crippen MR) is 53.7 cm³/mol. The van der Waals surface area contributed by atoms with Crippen LogP contribution >= 0.6 is 0 Å². The van der Waals surface area contributed by atoms with Crippen LogP contribution in [0.1, 0.15) is 18.1 Å². The van der Waals surface area contributed by atoms with Gasteiger partial charge in [0.15, 0.2) is 0 Å². The Morgan fingerprint density at radius 3 is 2.92 bits per heavy atom. The van der Waals surface area contributed by atoms with Crippen LogP contribution in [0.5, 0.6) is 0 Å². The van der Waals surface area contributed by atoms with Gasteiger partial charge in [-0.25, -0.2) is 0 Å². The van der Waals surface area contributed by atoms with E-state index in [0.29, 0.717) is 0 Å². The lowest BCUT2D eigenvalue weighted by Gasteiger charge is -2.29. The zero-order valence-corrected chi connectivity index (χ0v) is 7.83. The Labute approximate surface area is 78.7 Å². The van der Waals surface area contributed by atoms with Gasteiger partial charge in [0.2, 0.25) is 0 Å². The maximum absolute atomic E-state index is 9.35. The van der Waals surface area contributed by atoms with Gasteiger partial charge in [0, 0.05) is 5.41 Å². The van der Waals surface area contributed by atoms with Gasteiger partial charge in [0.25, 0.3) is 0 Å². The highest BCUT2D eigenvalue weighted by molar-refractivity contribution is 5.42. The van der Waals surface area contributed by atoms with Crippen LogP contribution in [-0.4, -0.2) is 11.7 Å². The first kappa shape index (κ1) is 8.52. The molecule has 13 heavy (non-hydrogen) atoms. The lowest BCUT2D eigenvalue weighted by molar-refractivity contribution is 0.234. The van der Waals surface area contributed by atoms with Crippen molar-refractivity contribution in [2.45, 2.75) is 18.8 Å². The van der Waals surface area contributed by atoms with E-state index in [-0.39, 0.29) is 12.0 Å². The highest BCUT2D eigenvalue weighted by Crippen LogP contribution is 2.31. The quantitative estimate of drug-likeness (QED) is 0.646. The van der Waals surface area contributed by atoms with E-state index >= 15 is 0 Å². The second-order valence-corrected chi connectivity index (χ2v) is 3.84. The molecule has 0 heterocycles. The van der Waals surface area contributed by atoms with Crippen LogP contribution in [0.3, 0.4) is 0 Å². The monoisotopic (exact) mass is 174 g/mol. The van der Waals surface area contributed by atoms with Crippen molar-refractivity contribution in [2.75, 3.05) is 6.61 Å². The van der Waals surface area contributed by atoms with Gasteiger partial charge in [-0.3, -0.25) is 0 Å². The topological polar surface area (TPSA) is 20.2 Å². The fourth-order valence-corrected chi connectivity index (χ4v) is 1.93. The minimum absolute atomic E-state index is 0.172. The van der Waals surface area contributed by atoms with Gasteiger partial charge >= 0.3 is 0 Å². The molecule has 0 saturated carbocycles. The van der Waals surface area contributed by atoms with Gasteiger partial charge in [-0.1, -0.05) is 36.4 Å². The lowest BCUT2D eigenvalue weighted by Crippen LogP contribution is -2.27. The molecular weight excluding hydrogens is 160 g/mol. The molecule has 1 unspecified atom stereocenters. The van der Waals surface area contributed by atoms with Crippen LogP contribution in [0.2, 0.25) is 0 Å². The summed E-state index contributed by atoms with van der Waals surface area (Å²) in [5.74, 6) is 0. The summed E-state index contributed by atoms with van der Waals surface area (Å²) in [5.41, 5.74) is 2.43. The van der Waals surface area contributed by atoms with Gasteiger partial charge in [-0.15, -0.1) is 0 Å². The van der Waals surface area contributed by atoms with Crippen LogP contribution in [-0.2, 0) is 11.8 Å². The molecule has 0 amide bonds. The van der Waals surface area contributed by atoms with E-state index in [0.717, 1.165) is 6.42 Å². The third-order valence-corrected chi connectivity index (χ3v) is 2.78. The molecule has 1 atom stereocenters. The van der Waals surface area contributed by atoms with Crippen LogP contribution in [0, 0.1) is 0 Å². The summed E-state index contributed by atoms with van der Waals surface area (Å²) in [6.07, 6.45) is 5.24. The summed E-state index contributed by atoms with van der Waals surface area (Å²) >= 11 is 0. The summed E-state index contributed by atoms with van der Waals surface area (Å²) in [6.45, 7) is 2.25. The third kappa shape index (κ3) is 1.29. The summed E-state index contributed by atoms with van der Waals surface area (Å²) < 4.78 is 0. The molecule has 1 nitrogen and oxygen atoms in total. The molecular formula is C12H14O. The van der Waals surface area contributed by atoms with Crippen LogP contribution in [0.15, 0.2) is 36.4 Å². The van der Waals surface area contributed by atoms with Gasteiger partial charge in [-0.05, 0) is 24.5 Å². The molecule has 0 bridgehead atoms. The molecule has 0 radical (unpaired) electrons. The molecule has 1 aliphatic carbocycles. The molecule has 1 heteroatoms. The van der Waals surface area contributed by atoms with E-state index in [1.54, 1.807) is 0 Å². The van der Waals surface area contributed by atoms with Crippen molar-refractivity contribution in [1.82, 2.24) is 0 Å². The zero-order valence-electron chi connectivity index (χ0n) is 7.83. The number of rotatable bonds is 1. The molecule has 68 valence electrons. The van der Waals surface area contributed by atoms with E-state index < -0.39 is 0 Å². The van der Waals surface area contributed by atoms with Crippen molar-refractivity contribution in [2.24, 2.45) is 0 Å². The first-order valence-electron chi connectivity index (χ1n) is 4.63. The van der Waals surface area contributed by atoms with E-state index in [1.807, 2.05) is 6.07 Å². The molecule has 1 aliphatic rings. The molecule has 0 saturated heterocycles. The molecule has 0 aromatic heterocycles.